The van der Waals surface area contributed by atoms with Gasteiger partial charge in [0.25, 0.3) is 5.91 Å². The number of urea groups is 1. The molecule has 0 atom stereocenters. The van der Waals surface area contributed by atoms with Gasteiger partial charge >= 0.3 is 11.4 Å². The Morgan fingerprint density at radius 3 is 2.50 bits per heavy atom. The fraction of sp³-hybridized carbons (Fsp3) is 0.222. The monoisotopic (exact) mass is 258 g/mol. The van der Waals surface area contributed by atoms with Crippen molar-refractivity contribution in [2.45, 2.75) is 0 Å². The number of rotatable bonds is 1. The number of hydrogen-bond acceptors (Lipinski definition) is 4. The van der Waals surface area contributed by atoms with E-state index in [1.807, 2.05) is 0 Å². The highest BCUT2D eigenvalue weighted by Crippen LogP contribution is 2.17. The molecule has 4 amide bonds. The zero-order valence-corrected chi connectivity index (χ0v) is 9.62. The summed E-state index contributed by atoms with van der Waals surface area (Å²) in [5, 5.41) is 0.893. The van der Waals surface area contributed by atoms with Gasteiger partial charge in [0, 0.05) is 13.1 Å². The van der Waals surface area contributed by atoms with E-state index >= 15 is 0 Å². The fourth-order valence-electron chi connectivity index (χ4n) is 1.42. The maximum atomic E-state index is 11.8. The van der Waals surface area contributed by atoms with Crippen LogP contribution in [0.2, 0.25) is 0 Å². The molecule has 2 rings (SSSR count). The van der Waals surface area contributed by atoms with Crippen molar-refractivity contribution in [2.24, 2.45) is 0 Å². The van der Waals surface area contributed by atoms with Crippen molar-refractivity contribution < 1.29 is 14.4 Å². The Balaban J connectivity index is 2.16. The second kappa shape index (κ2) is 4.23. The van der Waals surface area contributed by atoms with Crippen molar-refractivity contribution in [3.63, 3.8) is 0 Å². The average Bonchev–Trinajstić information content (AvgIpc) is 2.84. The van der Waals surface area contributed by atoms with E-state index in [0.29, 0.717) is 4.88 Å². The van der Waals surface area contributed by atoms with Crippen molar-refractivity contribution in [1.82, 2.24) is 9.80 Å². The fourth-order valence-corrected chi connectivity index (χ4v) is 2.25. The smallest absolute Gasteiger partial charge is 0.268 e. The summed E-state index contributed by atoms with van der Waals surface area (Å²) in [6.07, 6.45) is 0. The maximum Gasteiger partial charge on any atom is 0.334 e. The molecule has 0 saturated carbocycles. The second-order valence-corrected chi connectivity index (χ2v) is 4.39. The summed E-state index contributed by atoms with van der Waals surface area (Å²) in [6.45, 7) is 0.340. The van der Waals surface area contributed by atoms with Crippen LogP contribution in [0.15, 0.2) is 17.5 Å². The molecule has 1 aliphatic rings. The maximum absolute atomic E-state index is 11.8. The van der Waals surface area contributed by atoms with E-state index in [9.17, 15) is 14.4 Å². The molecule has 1 aliphatic heterocycles. The number of halogens is 1. The van der Waals surface area contributed by atoms with Crippen LogP contribution in [-0.2, 0) is 0 Å². The Morgan fingerprint density at radius 1 is 1.31 bits per heavy atom. The molecule has 0 radical (unpaired) electrons. The van der Waals surface area contributed by atoms with Crippen LogP contribution in [-0.4, -0.2) is 40.2 Å². The van der Waals surface area contributed by atoms with E-state index < -0.39 is 11.4 Å². The molecule has 0 unspecified atom stereocenters. The third-order valence-corrected chi connectivity index (χ3v) is 3.26. The second-order valence-electron chi connectivity index (χ2n) is 3.12. The third kappa shape index (κ3) is 1.81. The molecule has 1 aromatic heterocycles. The van der Waals surface area contributed by atoms with Gasteiger partial charge in [-0.15, -0.1) is 11.3 Å². The molecule has 16 heavy (non-hydrogen) atoms. The van der Waals surface area contributed by atoms with Gasteiger partial charge in [0.05, 0.1) is 4.88 Å². The molecule has 0 bridgehead atoms. The minimum absolute atomic E-state index is 0.151. The van der Waals surface area contributed by atoms with Crippen molar-refractivity contribution in [2.75, 3.05) is 13.1 Å². The zero-order valence-electron chi connectivity index (χ0n) is 8.05. The van der Waals surface area contributed by atoms with E-state index in [-0.39, 0.29) is 19.0 Å². The summed E-state index contributed by atoms with van der Waals surface area (Å²) in [5.74, 6) is -0.389. The molecule has 0 N–H and O–H groups in total. The van der Waals surface area contributed by atoms with Crippen molar-refractivity contribution in [1.29, 1.82) is 0 Å². The van der Waals surface area contributed by atoms with E-state index in [4.69, 9.17) is 11.6 Å². The van der Waals surface area contributed by atoms with Crippen LogP contribution in [0.3, 0.4) is 0 Å². The molecule has 0 aromatic carbocycles. The van der Waals surface area contributed by atoms with Gasteiger partial charge in [-0.3, -0.25) is 14.5 Å². The quantitative estimate of drug-likeness (QED) is 0.572. The molecule has 1 aromatic rings. The van der Waals surface area contributed by atoms with Crippen LogP contribution in [0, 0.1) is 0 Å². The molecular weight excluding hydrogens is 252 g/mol. The predicted molar refractivity (Wildman–Crippen MR) is 58.7 cm³/mol. The largest absolute Gasteiger partial charge is 0.334 e. The average molecular weight is 259 g/mol. The van der Waals surface area contributed by atoms with Crippen LogP contribution in [0.1, 0.15) is 9.67 Å². The summed E-state index contributed by atoms with van der Waals surface area (Å²) < 4.78 is 0. The summed E-state index contributed by atoms with van der Waals surface area (Å²) in [7, 11) is 0. The Bertz CT molecular complexity index is 446. The predicted octanol–water partition coefficient (Wildman–Crippen LogP) is 1.98. The first-order valence-corrected chi connectivity index (χ1v) is 5.73. The lowest BCUT2D eigenvalue weighted by molar-refractivity contribution is 0.0830. The number of imide groups is 2. The highest BCUT2D eigenvalue weighted by Gasteiger charge is 2.36. The summed E-state index contributed by atoms with van der Waals surface area (Å²) in [5.41, 5.74) is 0. The van der Waals surface area contributed by atoms with Crippen LogP contribution in [0.5, 0.6) is 0 Å². The molecule has 1 fully saturated rings. The number of nitrogens with zero attached hydrogens (tertiary/aromatic N) is 2. The minimum atomic E-state index is -0.855. The van der Waals surface area contributed by atoms with Crippen LogP contribution < -0.4 is 0 Å². The van der Waals surface area contributed by atoms with Gasteiger partial charge in [0.1, 0.15) is 0 Å². The van der Waals surface area contributed by atoms with E-state index in [2.05, 4.69) is 0 Å². The van der Waals surface area contributed by atoms with Crippen LogP contribution >= 0.6 is 22.9 Å². The van der Waals surface area contributed by atoms with E-state index in [1.54, 1.807) is 17.5 Å². The van der Waals surface area contributed by atoms with Gasteiger partial charge in [-0.05, 0) is 23.0 Å². The topological polar surface area (TPSA) is 57.7 Å². The molecule has 7 heteroatoms. The first-order chi connectivity index (χ1) is 7.61. The molecule has 2 heterocycles. The first-order valence-electron chi connectivity index (χ1n) is 4.47. The number of thiophene rings is 1. The van der Waals surface area contributed by atoms with Crippen molar-refractivity contribution in [3.8, 4) is 0 Å². The lowest BCUT2D eigenvalue weighted by atomic mass is 10.4. The molecule has 1 saturated heterocycles. The number of carbonyl (C=O) groups is 3. The Morgan fingerprint density at radius 2 is 2.00 bits per heavy atom. The number of carbonyl (C=O) groups excluding carboxylic acids is 3. The van der Waals surface area contributed by atoms with E-state index in [0.717, 1.165) is 9.80 Å². The summed E-state index contributed by atoms with van der Waals surface area (Å²) in [4.78, 5) is 36.6. The van der Waals surface area contributed by atoms with Gasteiger partial charge in [0.2, 0.25) is 0 Å². The van der Waals surface area contributed by atoms with Gasteiger partial charge in [0.15, 0.2) is 0 Å². The van der Waals surface area contributed by atoms with Gasteiger partial charge in [-0.1, -0.05) is 6.07 Å². The van der Waals surface area contributed by atoms with Crippen LogP contribution in [0.4, 0.5) is 9.59 Å². The molecule has 0 spiro atoms. The van der Waals surface area contributed by atoms with Crippen molar-refractivity contribution >= 4 is 40.2 Å². The summed E-state index contributed by atoms with van der Waals surface area (Å²) in [6, 6.07) is 2.70. The highest BCUT2D eigenvalue weighted by atomic mass is 35.5. The van der Waals surface area contributed by atoms with Gasteiger partial charge in [-0.25, -0.2) is 9.69 Å². The Hall–Kier alpha value is -1.40. The Labute approximate surface area is 100 Å². The van der Waals surface area contributed by atoms with Gasteiger partial charge in [-0.2, -0.15) is 0 Å². The molecule has 5 nitrogen and oxygen atoms in total. The van der Waals surface area contributed by atoms with Crippen molar-refractivity contribution in [3.05, 3.63) is 22.4 Å². The molecule has 84 valence electrons. The minimum Gasteiger partial charge on any atom is -0.268 e. The Kier molecular flexibility index (Phi) is 2.93. The normalized spacial score (nSPS) is 15.7. The number of amides is 4. The lowest BCUT2D eigenvalue weighted by Crippen LogP contribution is -2.36. The van der Waals surface area contributed by atoms with E-state index in [1.165, 1.54) is 11.3 Å². The highest BCUT2D eigenvalue weighted by molar-refractivity contribution is 7.12. The molecule has 0 aliphatic carbocycles. The lowest BCUT2D eigenvalue weighted by Gasteiger charge is -2.12. The SMILES string of the molecule is O=C(Cl)N1CCN(C(=O)c2cccs2)C1=O. The number of hydrogen-bond donors (Lipinski definition) is 0. The van der Waals surface area contributed by atoms with Crippen LogP contribution in [0.25, 0.3) is 0 Å². The first kappa shape index (κ1) is 11.1. The third-order valence-electron chi connectivity index (χ3n) is 2.20. The van der Waals surface area contributed by atoms with Gasteiger partial charge < -0.3 is 0 Å². The standard InChI is InChI=1S/C9H7ClN2O3S/c10-8(14)12-4-3-11(9(12)15)7(13)6-2-1-5-16-6/h1-2,5H,3-4H2. The summed E-state index contributed by atoms with van der Waals surface area (Å²) >= 11 is 6.45. The zero-order chi connectivity index (χ0) is 11.7. The molecular formula is C9H7ClN2O3S.